The van der Waals surface area contributed by atoms with Gasteiger partial charge in [-0.05, 0) is 19.8 Å². The lowest BCUT2D eigenvalue weighted by atomic mass is 10.4. The van der Waals surface area contributed by atoms with Crippen LogP contribution in [0.1, 0.15) is 30.3 Å². The largest absolute Gasteiger partial charge is 0.384 e. The van der Waals surface area contributed by atoms with E-state index in [1.54, 1.807) is 0 Å². The SMILES string of the molecule is Cc1cc(N)n(Cc2cncn2C2CC2)n1. The van der Waals surface area contributed by atoms with Gasteiger partial charge in [0, 0.05) is 12.1 Å². The van der Waals surface area contributed by atoms with Crippen molar-refractivity contribution in [3.05, 3.63) is 30.0 Å². The molecule has 0 saturated heterocycles. The molecule has 5 nitrogen and oxygen atoms in total. The first kappa shape index (κ1) is 9.45. The maximum atomic E-state index is 5.87. The summed E-state index contributed by atoms with van der Waals surface area (Å²) in [5, 5.41) is 4.36. The number of rotatable bonds is 3. The number of aromatic nitrogens is 4. The van der Waals surface area contributed by atoms with E-state index in [0.29, 0.717) is 18.4 Å². The second-order valence-electron chi connectivity index (χ2n) is 4.39. The number of aryl methyl sites for hydroxylation is 1. The highest BCUT2D eigenvalue weighted by atomic mass is 15.3. The van der Waals surface area contributed by atoms with Gasteiger partial charge >= 0.3 is 0 Å². The summed E-state index contributed by atoms with van der Waals surface area (Å²) in [4.78, 5) is 4.20. The molecular formula is C11H15N5. The molecule has 0 bridgehead atoms. The zero-order valence-corrected chi connectivity index (χ0v) is 9.30. The van der Waals surface area contributed by atoms with E-state index in [4.69, 9.17) is 5.73 Å². The Morgan fingerprint density at radius 1 is 1.50 bits per heavy atom. The average molecular weight is 217 g/mol. The normalized spacial score (nSPS) is 15.6. The van der Waals surface area contributed by atoms with Crippen molar-refractivity contribution in [3.63, 3.8) is 0 Å². The van der Waals surface area contributed by atoms with Gasteiger partial charge < -0.3 is 10.3 Å². The van der Waals surface area contributed by atoms with Gasteiger partial charge in [0.2, 0.25) is 0 Å². The summed E-state index contributed by atoms with van der Waals surface area (Å²) in [5.41, 5.74) is 8.00. The van der Waals surface area contributed by atoms with Crippen LogP contribution in [-0.4, -0.2) is 19.3 Å². The summed E-state index contributed by atoms with van der Waals surface area (Å²) in [7, 11) is 0. The fourth-order valence-corrected chi connectivity index (χ4v) is 1.98. The van der Waals surface area contributed by atoms with Crippen LogP contribution in [0.3, 0.4) is 0 Å². The van der Waals surface area contributed by atoms with Crippen LogP contribution in [0, 0.1) is 6.92 Å². The summed E-state index contributed by atoms with van der Waals surface area (Å²) in [6.07, 6.45) is 6.32. The molecule has 0 unspecified atom stereocenters. The lowest BCUT2D eigenvalue weighted by Gasteiger charge is -2.07. The average Bonchev–Trinajstić information content (AvgIpc) is 2.90. The van der Waals surface area contributed by atoms with Gasteiger partial charge in [-0.15, -0.1) is 0 Å². The van der Waals surface area contributed by atoms with Gasteiger partial charge in [0.15, 0.2) is 0 Å². The van der Waals surface area contributed by atoms with Gasteiger partial charge in [-0.2, -0.15) is 5.10 Å². The smallest absolute Gasteiger partial charge is 0.122 e. The number of imidazole rings is 1. The molecule has 3 rings (SSSR count). The number of hydrogen-bond donors (Lipinski definition) is 1. The molecule has 2 heterocycles. The van der Waals surface area contributed by atoms with E-state index in [0.717, 1.165) is 5.69 Å². The molecule has 2 aromatic heterocycles. The monoisotopic (exact) mass is 217 g/mol. The predicted octanol–water partition coefficient (Wildman–Crippen LogP) is 1.35. The number of nitrogens with two attached hydrogens (primary N) is 1. The predicted molar refractivity (Wildman–Crippen MR) is 61.0 cm³/mol. The molecule has 0 amide bonds. The molecule has 1 saturated carbocycles. The molecule has 2 aromatic rings. The first-order valence-electron chi connectivity index (χ1n) is 5.54. The van der Waals surface area contributed by atoms with Crippen LogP contribution in [0.25, 0.3) is 0 Å². The second kappa shape index (κ2) is 3.37. The molecule has 1 aliphatic rings. The minimum Gasteiger partial charge on any atom is -0.384 e. The summed E-state index contributed by atoms with van der Waals surface area (Å²) in [6.45, 7) is 2.65. The lowest BCUT2D eigenvalue weighted by molar-refractivity contribution is 0.617. The molecule has 1 fully saturated rings. The maximum Gasteiger partial charge on any atom is 0.122 e. The van der Waals surface area contributed by atoms with E-state index in [1.807, 2.05) is 30.2 Å². The van der Waals surface area contributed by atoms with Crippen LogP contribution in [-0.2, 0) is 6.54 Å². The molecule has 0 aromatic carbocycles. The van der Waals surface area contributed by atoms with Crippen molar-refractivity contribution in [3.8, 4) is 0 Å². The third kappa shape index (κ3) is 1.58. The maximum absolute atomic E-state index is 5.87. The summed E-state index contributed by atoms with van der Waals surface area (Å²) >= 11 is 0. The third-order valence-corrected chi connectivity index (χ3v) is 2.93. The third-order valence-electron chi connectivity index (χ3n) is 2.93. The molecule has 0 spiro atoms. The molecule has 0 atom stereocenters. The number of hydrogen-bond acceptors (Lipinski definition) is 3. The second-order valence-corrected chi connectivity index (χ2v) is 4.39. The first-order chi connectivity index (χ1) is 7.74. The van der Waals surface area contributed by atoms with Crippen molar-refractivity contribution < 1.29 is 0 Å². The van der Waals surface area contributed by atoms with Crippen molar-refractivity contribution >= 4 is 5.82 Å². The van der Waals surface area contributed by atoms with E-state index < -0.39 is 0 Å². The van der Waals surface area contributed by atoms with Gasteiger partial charge in [-0.3, -0.25) is 0 Å². The number of nitrogens with zero attached hydrogens (tertiary/aromatic N) is 4. The minimum atomic E-state index is 0.649. The molecule has 0 radical (unpaired) electrons. The van der Waals surface area contributed by atoms with Crippen LogP contribution in [0.5, 0.6) is 0 Å². The van der Waals surface area contributed by atoms with E-state index in [2.05, 4.69) is 14.6 Å². The van der Waals surface area contributed by atoms with Crippen LogP contribution in [0.4, 0.5) is 5.82 Å². The van der Waals surface area contributed by atoms with Crippen LogP contribution in [0.2, 0.25) is 0 Å². The lowest BCUT2D eigenvalue weighted by Crippen LogP contribution is -2.09. The zero-order chi connectivity index (χ0) is 11.1. The molecule has 84 valence electrons. The highest BCUT2D eigenvalue weighted by Gasteiger charge is 2.25. The van der Waals surface area contributed by atoms with Crippen LogP contribution >= 0.6 is 0 Å². The van der Waals surface area contributed by atoms with E-state index >= 15 is 0 Å². The van der Waals surface area contributed by atoms with E-state index in [-0.39, 0.29) is 0 Å². The van der Waals surface area contributed by atoms with Crippen molar-refractivity contribution in [1.29, 1.82) is 0 Å². The van der Waals surface area contributed by atoms with Crippen molar-refractivity contribution in [2.45, 2.75) is 32.4 Å². The quantitative estimate of drug-likeness (QED) is 0.844. The van der Waals surface area contributed by atoms with Gasteiger partial charge in [0.25, 0.3) is 0 Å². The Bertz CT molecular complexity index is 506. The molecule has 2 N–H and O–H groups in total. The molecule has 16 heavy (non-hydrogen) atoms. The van der Waals surface area contributed by atoms with Crippen molar-refractivity contribution in [2.24, 2.45) is 0 Å². The Kier molecular flexibility index (Phi) is 1.99. The Morgan fingerprint density at radius 3 is 2.94 bits per heavy atom. The van der Waals surface area contributed by atoms with Gasteiger partial charge in [0.1, 0.15) is 5.82 Å². The Hall–Kier alpha value is -1.78. The molecule has 1 aliphatic carbocycles. The number of nitrogen functional groups attached to an aromatic ring is 1. The fraction of sp³-hybridized carbons (Fsp3) is 0.455. The van der Waals surface area contributed by atoms with Crippen LogP contribution < -0.4 is 5.73 Å². The Labute approximate surface area is 93.9 Å². The standard InChI is InChI=1S/C11H15N5/c1-8-4-11(12)16(14-8)6-10-5-13-7-15(10)9-2-3-9/h4-5,7,9H,2-3,6,12H2,1H3. The van der Waals surface area contributed by atoms with Crippen LogP contribution in [0.15, 0.2) is 18.6 Å². The fourth-order valence-electron chi connectivity index (χ4n) is 1.98. The summed E-state index contributed by atoms with van der Waals surface area (Å²) in [5.74, 6) is 0.709. The van der Waals surface area contributed by atoms with Crippen molar-refractivity contribution in [1.82, 2.24) is 19.3 Å². The summed E-state index contributed by atoms with van der Waals surface area (Å²) < 4.78 is 4.06. The van der Waals surface area contributed by atoms with E-state index in [1.165, 1.54) is 18.5 Å². The molecule has 5 heteroatoms. The van der Waals surface area contributed by atoms with Gasteiger partial charge in [-0.25, -0.2) is 9.67 Å². The molecule has 0 aliphatic heterocycles. The van der Waals surface area contributed by atoms with Crippen molar-refractivity contribution in [2.75, 3.05) is 5.73 Å². The van der Waals surface area contributed by atoms with Gasteiger partial charge in [-0.1, -0.05) is 0 Å². The van der Waals surface area contributed by atoms with Gasteiger partial charge in [0.05, 0.1) is 30.5 Å². The number of anilines is 1. The zero-order valence-electron chi connectivity index (χ0n) is 9.30. The Morgan fingerprint density at radius 2 is 2.31 bits per heavy atom. The first-order valence-corrected chi connectivity index (χ1v) is 5.54. The topological polar surface area (TPSA) is 61.7 Å². The minimum absolute atomic E-state index is 0.649. The highest BCUT2D eigenvalue weighted by Crippen LogP contribution is 2.35. The van der Waals surface area contributed by atoms with E-state index in [9.17, 15) is 0 Å². The molecular weight excluding hydrogens is 202 g/mol. The highest BCUT2D eigenvalue weighted by molar-refractivity contribution is 5.30. The summed E-state index contributed by atoms with van der Waals surface area (Å²) in [6, 6.07) is 2.54. The Balaban J connectivity index is 1.88.